The van der Waals surface area contributed by atoms with Gasteiger partial charge in [0.05, 0.1) is 0 Å². The van der Waals surface area contributed by atoms with Crippen LogP contribution >= 0.6 is 0 Å². The number of aryl methyl sites for hydroxylation is 1. The largest absolute Gasteiger partial charge is 0.349 e. The first kappa shape index (κ1) is 16.8. The van der Waals surface area contributed by atoms with Crippen molar-refractivity contribution in [3.05, 3.63) is 48.0 Å². The van der Waals surface area contributed by atoms with Gasteiger partial charge in [0.1, 0.15) is 5.69 Å². The molecular formula is C19H23N5O2. The second kappa shape index (κ2) is 6.90. The molecule has 2 amide bonds. The standard InChI is InChI=1S/C19H23N5O2/c1-2-23-10-7-17(22-23)19(26)24-15-3-4-16(24)12-14(11-15)21-18(25)13-5-8-20-9-6-13/h5-10,14-16H,2-4,11-12H2,1H3,(H,21,25)/t14?,15-,16+. The topological polar surface area (TPSA) is 80.1 Å². The molecule has 26 heavy (non-hydrogen) atoms. The maximum absolute atomic E-state index is 12.9. The second-order valence-corrected chi connectivity index (χ2v) is 7.03. The molecule has 1 unspecified atom stereocenters. The Bertz CT molecular complexity index is 789. The predicted octanol–water partition coefficient (Wildman–Crippen LogP) is 1.86. The number of hydrogen-bond donors (Lipinski definition) is 1. The number of fused-ring (bicyclic) bond motifs is 2. The van der Waals surface area contributed by atoms with Crippen molar-refractivity contribution in [2.45, 2.75) is 57.3 Å². The molecule has 2 aromatic heterocycles. The molecule has 7 heteroatoms. The summed E-state index contributed by atoms with van der Waals surface area (Å²) in [7, 11) is 0. The highest BCUT2D eigenvalue weighted by atomic mass is 16.2. The van der Waals surface area contributed by atoms with Crippen molar-refractivity contribution in [3.63, 3.8) is 0 Å². The van der Waals surface area contributed by atoms with Gasteiger partial charge in [0.15, 0.2) is 0 Å². The van der Waals surface area contributed by atoms with Gasteiger partial charge in [-0.05, 0) is 50.8 Å². The van der Waals surface area contributed by atoms with E-state index in [4.69, 9.17) is 0 Å². The lowest BCUT2D eigenvalue weighted by atomic mass is 9.96. The van der Waals surface area contributed by atoms with E-state index in [1.807, 2.05) is 18.0 Å². The molecule has 4 rings (SSSR count). The summed E-state index contributed by atoms with van der Waals surface area (Å²) in [5, 5.41) is 7.48. The Balaban J connectivity index is 1.42. The van der Waals surface area contributed by atoms with Gasteiger partial charge in [-0.25, -0.2) is 0 Å². The third-order valence-corrected chi connectivity index (χ3v) is 5.43. The van der Waals surface area contributed by atoms with Crippen LogP contribution < -0.4 is 5.32 Å². The number of hydrogen-bond acceptors (Lipinski definition) is 4. The molecule has 0 spiro atoms. The van der Waals surface area contributed by atoms with Crippen molar-refractivity contribution < 1.29 is 9.59 Å². The van der Waals surface area contributed by atoms with Crippen molar-refractivity contribution in [2.75, 3.05) is 0 Å². The zero-order valence-corrected chi connectivity index (χ0v) is 14.8. The van der Waals surface area contributed by atoms with E-state index in [1.54, 1.807) is 35.3 Å². The van der Waals surface area contributed by atoms with Crippen LogP contribution in [0.5, 0.6) is 0 Å². The monoisotopic (exact) mass is 353 g/mol. The first-order valence-electron chi connectivity index (χ1n) is 9.22. The zero-order valence-electron chi connectivity index (χ0n) is 14.8. The van der Waals surface area contributed by atoms with E-state index in [2.05, 4.69) is 15.4 Å². The van der Waals surface area contributed by atoms with Crippen LogP contribution in [0.3, 0.4) is 0 Å². The summed E-state index contributed by atoms with van der Waals surface area (Å²) in [6.07, 6.45) is 8.67. The van der Waals surface area contributed by atoms with Gasteiger partial charge >= 0.3 is 0 Å². The molecule has 136 valence electrons. The Morgan fingerprint density at radius 2 is 1.85 bits per heavy atom. The summed E-state index contributed by atoms with van der Waals surface area (Å²) in [6.45, 7) is 2.76. The average molecular weight is 353 g/mol. The summed E-state index contributed by atoms with van der Waals surface area (Å²) >= 11 is 0. The summed E-state index contributed by atoms with van der Waals surface area (Å²) < 4.78 is 1.77. The van der Waals surface area contributed by atoms with E-state index in [0.29, 0.717) is 11.3 Å². The Hall–Kier alpha value is -2.70. The van der Waals surface area contributed by atoms with Crippen LogP contribution in [-0.4, -0.2) is 49.6 Å². The molecule has 1 N–H and O–H groups in total. The number of nitrogens with one attached hydrogen (secondary N) is 1. The first-order chi connectivity index (χ1) is 12.7. The number of rotatable bonds is 4. The fraction of sp³-hybridized carbons (Fsp3) is 0.474. The highest BCUT2D eigenvalue weighted by Crippen LogP contribution is 2.36. The summed E-state index contributed by atoms with van der Waals surface area (Å²) in [4.78, 5) is 31.2. The maximum atomic E-state index is 12.9. The van der Waals surface area contributed by atoms with E-state index >= 15 is 0 Å². The Morgan fingerprint density at radius 1 is 1.15 bits per heavy atom. The van der Waals surface area contributed by atoms with Gasteiger partial charge < -0.3 is 10.2 Å². The van der Waals surface area contributed by atoms with Crippen LogP contribution in [0.1, 0.15) is 53.5 Å². The fourth-order valence-corrected chi connectivity index (χ4v) is 4.18. The molecule has 2 aromatic rings. The van der Waals surface area contributed by atoms with Gasteiger partial charge in [-0.1, -0.05) is 0 Å². The molecule has 2 aliphatic heterocycles. The van der Waals surface area contributed by atoms with Crippen LogP contribution in [0.15, 0.2) is 36.8 Å². The molecule has 4 heterocycles. The van der Waals surface area contributed by atoms with E-state index < -0.39 is 0 Å². The van der Waals surface area contributed by atoms with Crippen molar-refractivity contribution in [3.8, 4) is 0 Å². The summed E-state index contributed by atoms with van der Waals surface area (Å²) in [5.41, 5.74) is 1.14. The van der Waals surface area contributed by atoms with E-state index in [1.165, 1.54) is 0 Å². The Morgan fingerprint density at radius 3 is 2.46 bits per heavy atom. The van der Waals surface area contributed by atoms with Crippen LogP contribution in [-0.2, 0) is 6.54 Å². The molecule has 0 saturated carbocycles. The Kier molecular flexibility index (Phi) is 4.44. The highest BCUT2D eigenvalue weighted by molar-refractivity contribution is 5.94. The van der Waals surface area contributed by atoms with Gasteiger partial charge in [0, 0.05) is 48.8 Å². The number of carbonyl (C=O) groups is 2. The minimum atomic E-state index is -0.0711. The molecule has 0 aromatic carbocycles. The fourth-order valence-electron chi connectivity index (χ4n) is 4.18. The number of pyridine rings is 1. The van der Waals surface area contributed by atoms with Crippen LogP contribution in [0.2, 0.25) is 0 Å². The second-order valence-electron chi connectivity index (χ2n) is 7.03. The van der Waals surface area contributed by atoms with Gasteiger partial charge in [-0.15, -0.1) is 0 Å². The predicted molar refractivity (Wildman–Crippen MR) is 95.6 cm³/mol. The molecular weight excluding hydrogens is 330 g/mol. The van der Waals surface area contributed by atoms with Gasteiger partial charge in [0.2, 0.25) is 0 Å². The maximum Gasteiger partial charge on any atom is 0.274 e. The van der Waals surface area contributed by atoms with Crippen molar-refractivity contribution in [1.82, 2.24) is 25.0 Å². The number of piperidine rings is 1. The number of nitrogens with zero attached hydrogens (tertiary/aromatic N) is 4. The van der Waals surface area contributed by atoms with Crippen molar-refractivity contribution in [2.24, 2.45) is 0 Å². The zero-order chi connectivity index (χ0) is 18.1. The highest BCUT2D eigenvalue weighted by Gasteiger charge is 2.44. The van der Waals surface area contributed by atoms with Crippen LogP contribution in [0.25, 0.3) is 0 Å². The molecule has 2 fully saturated rings. The molecule has 2 aliphatic rings. The normalized spacial score (nSPS) is 24.5. The van der Waals surface area contributed by atoms with E-state index in [0.717, 1.165) is 32.2 Å². The van der Waals surface area contributed by atoms with Crippen molar-refractivity contribution in [1.29, 1.82) is 0 Å². The van der Waals surface area contributed by atoms with Gasteiger partial charge in [-0.3, -0.25) is 19.3 Å². The number of carbonyl (C=O) groups excluding carboxylic acids is 2. The molecule has 2 saturated heterocycles. The SMILES string of the molecule is CCn1ccc(C(=O)N2[C@@H]3CC[C@H]2CC(NC(=O)c2ccncc2)C3)n1. The van der Waals surface area contributed by atoms with E-state index in [9.17, 15) is 9.59 Å². The van der Waals surface area contributed by atoms with Crippen LogP contribution in [0, 0.1) is 0 Å². The van der Waals surface area contributed by atoms with Crippen molar-refractivity contribution >= 4 is 11.8 Å². The first-order valence-corrected chi connectivity index (χ1v) is 9.22. The molecule has 3 atom stereocenters. The lowest BCUT2D eigenvalue weighted by Crippen LogP contribution is -2.52. The minimum Gasteiger partial charge on any atom is -0.349 e. The molecule has 2 bridgehead atoms. The summed E-state index contributed by atoms with van der Waals surface area (Å²) in [5.74, 6) is -0.0538. The van der Waals surface area contributed by atoms with Gasteiger partial charge in [-0.2, -0.15) is 5.10 Å². The lowest BCUT2D eigenvalue weighted by molar-refractivity contribution is 0.0543. The smallest absolute Gasteiger partial charge is 0.274 e. The molecule has 0 radical (unpaired) electrons. The Labute approximate surface area is 152 Å². The molecule has 0 aliphatic carbocycles. The average Bonchev–Trinajstić information content (AvgIpc) is 3.25. The molecule has 7 nitrogen and oxygen atoms in total. The van der Waals surface area contributed by atoms with Crippen LogP contribution in [0.4, 0.5) is 0 Å². The van der Waals surface area contributed by atoms with E-state index in [-0.39, 0.29) is 29.9 Å². The number of aromatic nitrogens is 3. The van der Waals surface area contributed by atoms with Gasteiger partial charge in [0.25, 0.3) is 11.8 Å². The summed E-state index contributed by atoms with van der Waals surface area (Å²) in [6, 6.07) is 5.68. The lowest BCUT2D eigenvalue weighted by Gasteiger charge is -2.38. The minimum absolute atomic E-state index is 0.0172. The number of amides is 2. The third-order valence-electron chi connectivity index (χ3n) is 5.43. The third kappa shape index (κ3) is 3.09. The quantitative estimate of drug-likeness (QED) is 0.910.